The third-order valence-corrected chi connectivity index (χ3v) is 13.3. The Hall–Kier alpha value is -8.38. The summed E-state index contributed by atoms with van der Waals surface area (Å²) in [5.74, 6) is -8.18. The molecule has 0 radical (unpaired) electrons. The molecule has 4 aromatic rings. The standard InChI is InChI=1S/C49H59N9O13.C7H15NO/c1-26(2)41-49(69)71-25-35(55-45(65)40-38(61)22-30-16-10-13-19-33(30)53-40)43(63)50-27(3)46(66)56(5)31(23-59)17-11-14-20-36(48(68)58(41)7)57(6)47(67)28(4)51-42(62)34(24-70-8)54-44(64)39-37(60)21-29-15-9-12-18-32(29)52-39;1-6(2)7(5-9)8(3)4/h9-16,18-19,21-23,26-28,31,34-36,41,60-61H,17,20,24-25H2,1-8H3,(H,50,63)(H,51,62)(H,54,64)(H,55,65);5-7H,1-4H3/b14-11+;/t27?,28?,31-,34?,35?,36-,41?;/m0./s1. The average Bonchev–Trinajstić information content (AvgIpc) is 3.43. The van der Waals surface area contributed by atoms with Crippen molar-refractivity contribution in [1.29, 1.82) is 0 Å². The summed E-state index contributed by atoms with van der Waals surface area (Å²) < 4.78 is 10.8. The second-order valence-corrected chi connectivity index (χ2v) is 20.2. The number of hydrogen-bond donors (Lipinski definition) is 6. The SMILES string of the molecule is CC(C)C(C=O)N(C)C.COCC(NC(=O)c1nc2ccccc2cc1O)C(=O)NC(C)C(=O)N(C)[C@H]1C/C=C/C[C@@H](C=O)N(C)C(=O)C(C)NC(=O)C(NC(=O)c2nc3ccccc3cc2O)COC(=O)C(C(C)C)N(C)C1=O. The Morgan fingerprint density at radius 2 is 1.36 bits per heavy atom. The number of carbonyl (C=O) groups excluding carboxylic acids is 10. The predicted molar refractivity (Wildman–Crippen MR) is 295 cm³/mol. The Labute approximate surface area is 464 Å². The molecule has 0 saturated heterocycles. The molecule has 3 heterocycles. The van der Waals surface area contributed by atoms with Crippen LogP contribution >= 0.6 is 0 Å². The van der Waals surface area contributed by atoms with Crippen molar-refractivity contribution in [3.8, 4) is 11.5 Å². The second kappa shape index (κ2) is 29.6. The fourth-order valence-electron chi connectivity index (χ4n) is 8.77. The minimum atomic E-state index is -1.69. The molecule has 80 heavy (non-hydrogen) atoms. The van der Waals surface area contributed by atoms with Gasteiger partial charge in [-0.05, 0) is 76.9 Å². The van der Waals surface area contributed by atoms with E-state index in [1.807, 2.05) is 32.8 Å². The number of aldehydes is 2. The number of likely N-dealkylation sites (N-methyl/N-ethyl adjacent to an activating group) is 4. The van der Waals surface area contributed by atoms with Gasteiger partial charge in [-0.1, -0.05) is 76.2 Å². The number of pyridine rings is 2. The Balaban J connectivity index is 0.00000140. The molecule has 1 aliphatic heterocycles. The van der Waals surface area contributed by atoms with Gasteiger partial charge in [0.15, 0.2) is 11.4 Å². The maximum atomic E-state index is 14.6. The molecule has 1 aliphatic rings. The summed E-state index contributed by atoms with van der Waals surface area (Å²) in [6, 6.07) is 6.72. The second-order valence-electron chi connectivity index (χ2n) is 20.2. The number of rotatable bonds is 15. The van der Waals surface area contributed by atoms with Gasteiger partial charge in [-0.2, -0.15) is 0 Å². The summed E-state index contributed by atoms with van der Waals surface area (Å²) in [5.41, 5.74) is -0.0415. The molecule has 6 unspecified atom stereocenters. The third-order valence-electron chi connectivity index (χ3n) is 13.3. The topological polar surface area (TPSA) is 316 Å². The largest absolute Gasteiger partial charge is 0.505 e. The van der Waals surface area contributed by atoms with E-state index in [1.165, 1.54) is 66.4 Å². The number of nitrogens with zero attached hydrogens (tertiary/aromatic N) is 6. The molecule has 432 valence electrons. The first-order valence-corrected chi connectivity index (χ1v) is 25.9. The molecule has 0 bridgehead atoms. The lowest BCUT2D eigenvalue weighted by molar-refractivity contribution is -0.159. The van der Waals surface area contributed by atoms with E-state index in [4.69, 9.17) is 9.47 Å². The maximum absolute atomic E-state index is 14.6. The molecular weight excluding hydrogens is 1040 g/mol. The number of amides is 7. The van der Waals surface area contributed by atoms with Crippen molar-refractivity contribution >= 4 is 81.7 Å². The van der Waals surface area contributed by atoms with E-state index in [1.54, 1.807) is 62.4 Å². The zero-order valence-corrected chi connectivity index (χ0v) is 47.2. The van der Waals surface area contributed by atoms with Crippen LogP contribution in [0.2, 0.25) is 0 Å². The number of ether oxygens (including phenoxy) is 2. The monoisotopic (exact) mass is 1110 g/mol. The van der Waals surface area contributed by atoms with Crippen LogP contribution in [-0.4, -0.2) is 204 Å². The van der Waals surface area contributed by atoms with Crippen molar-refractivity contribution in [2.24, 2.45) is 11.8 Å². The summed E-state index contributed by atoms with van der Waals surface area (Å²) in [5, 5.41) is 32.3. The van der Waals surface area contributed by atoms with Crippen molar-refractivity contribution in [3.05, 3.63) is 84.2 Å². The van der Waals surface area contributed by atoms with Crippen molar-refractivity contribution < 1.29 is 67.6 Å². The number of nitrogens with one attached hydrogen (secondary N) is 4. The van der Waals surface area contributed by atoms with Crippen LogP contribution in [0.3, 0.4) is 0 Å². The van der Waals surface area contributed by atoms with Gasteiger partial charge < -0.3 is 65.2 Å². The van der Waals surface area contributed by atoms with Gasteiger partial charge in [0.25, 0.3) is 11.8 Å². The lowest BCUT2D eigenvalue weighted by Gasteiger charge is -2.36. The average molecular weight is 1110 g/mol. The number of benzene rings is 2. The van der Waals surface area contributed by atoms with E-state index < -0.39 is 119 Å². The van der Waals surface area contributed by atoms with E-state index in [2.05, 4.69) is 31.2 Å². The molecule has 2 aromatic carbocycles. The smallest absolute Gasteiger partial charge is 0.329 e. The summed E-state index contributed by atoms with van der Waals surface area (Å²) in [4.78, 5) is 147. The molecule has 0 saturated carbocycles. The predicted octanol–water partition coefficient (Wildman–Crippen LogP) is 1.75. The van der Waals surface area contributed by atoms with Gasteiger partial charge >= 0.3 is 5.97 Å². The first kappa shape index (κ1) is 64.1. The number of aromatic hydroxyl groups is 2. The molecule has 0 aliphatic carbocycles. The first-order valence-electron chi connectivity index (χ1n) is 25.9. The van der Waals surface area contributed by atoms with Gasteiger partial charge in [0.2, 0.25) is 29.5 Å². The van der Waals surface area contributed by atoms with Gasteiger partial charge in [-0.15, -0.1) is 0 Å². The minimum Gasteiger partial charge on any atom is -0.505 e. The molecule has 5 rings (SSSR count). The van der Waals surface area contributed by atoms with Crippen molar-refractivity contribution in [3.63, 3.8) is 0 Å². The summed E-state index contributed by atoms with van der Waals surface area (Å²) >= 11 is 0. The molecule has 0 fully saturated rings. The van der Waals surface area contributed by atoms with Gasteiger partial charge in [-0.3, -0.25) is 38.5 Å². The zero-order chi connectivity index (χ0) is 59.7. The number of aromatic nitrogens is 2. The summed E-state index contributed by atoms with van der Waals surface area (Å²) in [6.07, 6.45) is 4.31. The number of fused-ring (bicyclic) bond motifs is 2. The van der Waals surface area contributed by atoms with Crippen molar-refractivity contribution in [2.75, 3.05) is 55.6 Å². The Morgan fingerprint density at radius 3 is 1.86 bits per heavy atom. The van der Waals surface area contributed by atoms with E-state index in [-0.39, 0.29) is 31.2 Å². The number of hydrogen-bond acceptors (Lipinski definition) is 17. The molecule has 7 amide bonds. The Bertz CT molecular complexity index is 2920. The van der Waals surface area contributed by atoms with E-state index in [0.29, 0.717) is 34.0 Å². The van der Waals surface area contributed by atoms with Gasteiger partial charge in [0, 0.05) is 39.0 Å². The number of carbonyl (C=O) groups is 10. The normalized spacial score (nSPS) is 20.3. The van der Waals surface area contributed by atoms with Crippen LogP contribution < -0.4 is 21.3 Å². The van der Waals surface area contributed by atoms with Gasteiger partial charge in [0.05, 0.1) is 29.7 Å². The minimum absolute atomic E-state index is 0.0612. The van der Waals surface area contributed by atoms with Crippen LogP contribution in [0.4, 0.5) is 0 Å². The van der Waals surface area contributed by atoms with Crippen LogP contribution in [0.1, 0.15) is 75.4 Å². The van der Waals surface area contributed by atoms with E-state index in [9.17, 15) is 58.2 Å². The number of para-hydroxylation sites is 2. The van der Waals surface area contributed by atoms with Gasteiger partial charge in [0.1, 0.15) is 66.9 Å². The first-order chi connectivity index (χ1) is 37.8. The van der Waals surface area contributed by atoms with Crippen LogP contribution in [-0.2, 0) is 47.8 Å². The highest BCUT2D eigenvalue weighted by molar-refractivity contribution is 6.02. The molecule has 2 aromatic heterocycles. The highest BCUT2D eigenvalue weighted by atomic mass is 16.5. The van der Waals surface area contributed by atoms with E-state index in [0.717, 1.165) is 21.0 Å². The lowest BCUT2D eigenvalue weighted by Crippen LogP contribution is -2.59. The number of esters is 1. The molecule has 6 N–H and O–H groups in total. The van der Waals surface area contributed by atoms with Crippen molar-refractivity contribution in [1.82, 2.24) is 50.8 Å². The zero-order valence-electron chi connectivity index (χ0n) is 47.2. The van der Waals surface area contributed by atoms with Crippen LogP contribution in [0.5, 0.6) is 11.5 Å². The number of cyclic esters (lactones) is 1. The fraction of sp³-hybridized carbons (Fsp3) is 0.464. The highest BCUT2D eigenvalue weighted by Crippen LogP contribution is 2.24. The van der Waals surface area contributed by atoms with Crippen LogP contribution in [0.25, 0.3) is 21.8 Å². The Morgan fingerprint density at radius 1 is 0.812 bits per heavy atom. The van der Waals surface area contributed by atoms with Gasteiger partial charge in [-0.25, -0.2) is 14.8 Å². The van der Waals surface area contributed by atoms with Crippen molar-refractivity contribution in [2.45, 2.75) is 103 Å². The molecule has 0 spiro atoms. The Kier molecular flexibility index (Phi) is 23.7. The van der Waals surface area contributed by atoms with Crippen LogP contribution in [0, 0.1) is 11.8 Å². The maximum Gasteiger partial charge on any atom is 0.329 e. The lowest BCUT2D eigenvalue weighted by atomic mass is 10.0. The highest BCUT2D eigenvalue weighted by Gasteiger charge is 2.39. The quantitative estimate of drug-likeness (QED) is 0.0561. The summed E-state index contributed by atoms with van der Waals surface area (Å²) in [6.45, 7) is 8.86. The summed E-state index contributed by atoms with van der Waals surface area (Å²) in [7, 11) is 9.08. The fourth-order valence-corrected chi connectivity index (χ4v) is 8.77. The number of methoxy groups -OCH3 is 1. The molecule has 24 heteroatoms. The van der Waals surface area contributed by atoms with Crippen LogP contribution in [0.15, 0.2) is 72.8 Å². The van der Waals surface area contributed by atoms with E-state index >= 15 is 0 Å². The molecular formula is C56H74N10O14. The molecule has 24 nitrogen and oxygen atoms in total. The molecule has 8 atom stereocenters. The third kappa shape index (κ3) is 16.6.